The molecule has 1 aromatic carbocycles. The van der Waals surface area contributed by atoms with Crippen molar-refractivity contribution in [2.75, 3.05) is 19.8 Å². The van der Waals surface area contributed by atoms with E-state index in [9.17, 15) is 9.59 Å². The quantitative estimate of drug-likeness (QED) is 0.660. The van der Waals surface area contributed by atoms with Crippen molar-refractivity contribution in [2.24, 2.45) is 0 Å². The van der Waals surface area contributed by atoms with Gasteiger partial charge in [-0.05, 0) is 25.1 Å². The Morgan fingerprint density at radius 3 is 2.96 bits per heavy atom. The van der Waals surface area contributed by atoms with Gasteiger partial charge in [0, 0.05) is 12.4 Å². The monoisotopic (exact) mass is 382 g/mol. The molecule has 4 rings (SSSR count). The zero-order valence-corrected chi connectivity index (χ0v) is 15.1. The van der Waals surface area contributed by atoms with E-state index in [0.29, 0.717) is 29.4 Å². The summed E-state index contributed by atoms with van der Waals surface area (Å²) in [5.74, 6) is 0.234. The van der Waals surface area contributed by atoms with Gasteiger partial charge in [-0.15, -0.1) is 0 Å². The van der Waals surface area contributed by atoms with E-state index in [0.717, 1.165) is 0 Å². The van der Waals surface area contributed by atoms with Crippen molar-refractivity contribution < 1.29 is 23.8 Å². The molecule has 3 aromatic rings. The Bertz CT molecular complexity index is 1030. The minimum atomic E-state index is -0.646. The van der Waals surface area contributed by atoms with Crippen LogP contribution in [0.3, 0.4) is 0 Å². The predicted molar refractivity (Wildman–Crippen MR) is 97.4 cm³/mol. The molecule has 1 aliphatic heterocycles. The van der Waals surface area contributed by atoms with Gasteiger partial charge in [0.1, 0.15) is 18.3 Å². The molecule has 0 saturated heterocycles. The summed E-state index contributed by atoms with van der Waals surface area (Å²) in [4.78, 5) is 28.5. The molecule has 3 heterocycles. The van der Waals surface area contributed by atoms with Crippen LogP contribution in [0.5, 0.6) is 11.5 Å². The lowest BCUT2D eigenvalue weighted by molar-refractivity contribution is -0.124. The van der Waals surface area contributed by atoms with Crippen LogP contribution in [0.1, 0.15) is 16.1 Å². The van der Waals surface area contributed by atoms with E-state index in [1.807, 2.05) is 18.2 Å². The molecular weight excluding hydrogens is 364 g/mol. The first-order valence-corrected chi connectivity index (χ1v) is 8.74. The molecular formula is C19H18N4O5. The van der Waals surface area contributed by atoms with E-state index in [2.05, 4.69) is 15.4 Å². The number of amides is 1. The molecule has 1 N–H and O–H groups in total. The van der Waals surface area contributed by atoms with E-state index in [1.54, 1.807) is 31.5 Å². The Kier molecular flexibility index (Phi) is 4.79. The highest BCUT2D eigenvalue weighted by Gasteiger charge is 2.23. The van der Waals surface area contributed by atoms with Crippen LogP contribution in [-0.2, 0) is 9.53 Å². The predicted octanol–water partition coefficient (Wildman–Crippen LogP) is 1.15. The molecule has 0 bridgehead atoms. The maximum atomic E-state index is 12.3. The Labute approximate surface area is 160 Å². The van der Waals surface area contributed by atoms with E-state index in [4.69, 9.17) is 14.2 Å². The van der Waals surface area contributed by atoms with E-state index < -0.39 is 18.5 Å². The second-order valence-electron chi connectivity index (χ2n) is 6.23. The molecule has 0 spiro atoms. The summed E-state index contributed by atoms with van der Waals surface area (Å²) in [6.45, 7) is 1.84. The molecule has 1 aliphatic rings. The van der Waals surface area contributed by atoms with Crippen molar-refractivity contribution >= 4 is 17.5 Å². The number of benzene rings is 1. The standard InChI is InChI=1S/C19H18N4O5/c1-12-17(18-20-7-4-8-23(18)22-12)19(25)27-11-16(24)21-9-13-10-26-14-5-2-3-6-15(14)28-13/h2-8,13H,9-11H2,1H3,(H,21,24). The van der Waals surface area contributed by atoms with Crippen LogP contribution < -0.4 is 14.8 Å². The van der Waals surface area contributed by atoms with Crippen LogP contribution in [0.15, 0.2) is 42.7 Å². The van der Waals surface area contributed by atoms with Gasteiger partial charge in [0.15, 0.2) is 23.8 Å². The van der Waals surface area contributed by atoms with E-state index >= 15 is 0 Å². The molecule has 9 nitrogen and oxygen atoms in total. The van der Waals surface area contributed by atoms with Gasteiger partial charge in [-0.1, -0.05) is 12.1 Å². The van der Waals surface area contributed by atoms with Crippen molar-refractivity contribution in [1.82, 2.24) is 19.9 Å². The van der Waals surface area contributed by atoms with Crippen molar-refractivity contribution in [3.8, 4) is 11.5 Å². The van der Waals surface area contributed by atoms with Gasteiger partial charge in [-0.25, -0.2) is 14.3 Å². The van der Waals surface area contributed by atoms with Crippen LogP contribution >= 0.6 is 0 Å². The van der Waals surface area contributed by atoms with Gasteiger partial charge >= 0.3 is 5.97 Å². The van der Waals surface area contributed by atoms with Crippen LogP contribution in [0, 0.1) is 6.92 Å². The summed E-state index contributed by atoms with van der Waals surface area (Å²) < 4.78 is 18.0. The fraction of sp³-hybridized carbons (Fsp3) is 0.263. The van der Waals surface area contributed by atoms with Crippen LogP contribution in [0.4, 0.5) is 0 Å². The third-order valence-electron chi connectivity index (χ3n) is 4.20. The topological polar surface area (TPSA) is 104 Å². The number of carbonyl (C=O) groups is 2. The minimum Gasteiger partial charge on any atom is -0.486 e. The fourth-order valence-corrected chi connectivity index (χ4v) is 2.88. The Morgan fingerprint density at radius 2 is 2.11 bits per heavy atom. The minimum absolute atomic E-state index is 0.238. The van der Waals surface area contributed by atoms with E-state index in [-0.39, 0.29) is 18.2 Å². The van der Waals surface area contributed by atoms with Crippen molar-refractivity contribution in [3.05, 3.63) is 54.0 Å². The zero-order valence-electron chi connectivity index (χ0n) is 15.1. The average Bonchev–Trinajstić information content (AvgIpc) is 3.06. The number of para-hydroxylation sites is 2. The molecule has 0 radical (unpaired) electrons. The molecule has 144 valence electrons. The number of nitrogens with one attached hydrogen (secondary N) is 1. The highest BCUT2D eigenvalue weighted by atomic mass is 16.6. The first kappa shape index (κ1) is 17.8. The van der Waals surface area contributed by atoms with Crippen molar-refractivity contribution in [2.45, 2.75) is 13.0 Å². The highest BCUT2D eigenvalue weighted by molar-refractivity contribution is 5.98. The molecule has 0 aliphatic carbocycles. The van der Waals surface area contributed by atoms with Crippen molar-refractivity contribution in [3.63, 3.8) is 0 Å². The number of rotatable bonds is 5. The number of hydrogen-bond donors (Lipinski definition) is 1. The lowest BCUT2D eigenvalue weighted by Crippen LogP contribution is -2.42. The number of ether oxygens (including phenoxy) is 3. The number of fused-ring (bicyclic) bond motifs is 2. The van der Waals surface area contributed by atoms with E-state index in [1.165, 1.54) is 4.52 Å². The number of esters is 1. The average molecular weight is 382 g/mol. The number of carbonyl (C=O) groups excluding carboxylic acids is 2. The second-order valence-corrected chi connectivity index (χ2v) is 6.23. The smallest absolute Gasteiger partial charge is 0.344 e. The van der Waals surface area contributed by atoms with Gasteiger partial charge in [0.05, 0.1) is 12.2 Å². The molecule has 1 amide bonds. The van der Waals surface area contributed by atoms with Crippen LogP contribution in [-0.4, -0.2) is 52.3 Å². The molecule has 0 saturated carbocycles. The maximum absolute atomic E-state index is 12.3. The lowest BCUT2D eigenvalue weighted by atomic mass is 10.2. The van der Waals surface area contributed by atoms with Gasteiger partial charge < -0.3 is 19.5 Å². The number of hydrogen-bond acceptors (Lipinski definition) is 7. The number of aromatic nitrogens is 3. The Morgan fingerprint density at radius 1 is 1.29 bits per heavy atom. The molecule has 9 heteroatoms. The second kappa shape index (κ2) is 7.55. The fourth-order valence-electron chi connectivity index (χ4n) is 2.88. The summed E-state index contributed by atoms with van der Waals surface area (Å²) >= 11 is 0. The van der Waals surface area contributed by atoms with Gasteiger partial charge in [0.25, 0.3) is 5.91 Å². The number of nitrogens with zero attached hydrogens (tertiary/aromatic N) is 3. The first-order valence-electron chi connectivity index (χ1n) is 8.74. The first-order chi connectivity index (χ1) is 13.6. The van der Waals surface area contributed by atoms with Crippen LogP contribution in [0.2, 0.25) is 0 Å². The summed E-state index contributed by atoms with van der Waals surface area (Å²) in [6, 6.07) is 9.04. The highest BCUT2D eigenvalue weighted by Crippen LogP contribution is 2.30. The van der Waals surface area contributed by atoms with Gasteiger partial charge in [-0.2, -0.15) is 5.10 Å². The molecule has 2 aromatic heterocycles. The Balaban J connectivity index is 1.29. The zero-order chi connectivity index (χ0) is 19.5. The molecule has 1 unspecified atom stereocenters. The largest absolute Gasteiger partial charge is 0.486 e. The lowest BCUT2D eigenvalue weighted by Gasteiger charge is -2.26. The normalized spacial score (nSPS) is 15.2. The summed E-state index contributed by atoms with van der Waals surface area (Å²) in [5, 5.41) is 6.88. The molecule has 1 atom stereocenters. The SMILES string of the molecule is Cc1nn2cccnc2c1C(=O)OCC(=O)NCC1COc2ccccc2O1. The Hall–Kier alpha value is -3.62. The summed E-state index contributed by atoms with van der Waals surface area (Å²) in [7, 11) is 0. The van der Waals surface area contributed by atoms with Gasteiger partial charge in [0.2, 0.25) is 0 Å². The molecule has 0 fully saturated rings. The number of aryl methyl sites for hydroxylation is 1. The third kappa shape index (κ3) is 3.59. The maximum Gasteiger partial charge on any atom is 0.344 e. The summed E-state index contributed by atoms with van der Waals surface area (Å²) in [5.41, 5.74) is 1.11. The van der Waals surface area contributed by atoms with Crippen LogP contribution in [0.25, 0.3) is 5.65 Å². The van der Waals surface area contributed by atoms with Crippen molar-refractivity contribution in [1.29, 1.82) is 0 Å². The van der Waals surface area contributed by atoms with Gasteiger partial charge in [-0.3, -0.25) is 4.79 Å². The molecule has 28 heavy (non-hydrogen) atoms. The summed E-state index contributed by atoms with van der Waals surface area (Å²) in [6.07, 6.45) is 2.92. The third-order valence-corrected chi connectivity index (χ3v) is 4.20.